The van der Waals surface area contributed by atoms with Crippen LogP contribution in [0.4, 0.5) is 11.4 Å². The largest absolute Gasteiger partial charge is 0.462 e. The smallest absolute Gasteiger partial charge is 0.338 e. The zero-order chi connectivity index (χ0) is 21.7. The minimum atomic E-state index is -0.843. The molecule has 158 valence electrons. The third-order valence-electron chi connectivity index (χ3n) is 5.14. The second-order valence-corrected chi connectivity index (χ2v) is 7.33. The van der Waals surface area contributed by atoms with E-state index in [2.05, 4.69) is 0 Å². The zero-order valence-electron chi connectivity index (χ0n) is 16.4. The molecular weight excluding hydrogens is 392 g/mol. The summed E-state index contributed by atoms with van der Waals surface area (Å²) in [5.41, 5.74) is -0.193. The van der Waals surface area contributed by atoms with Crippen LogP contribution in [-0.2, 0) is 9.47 Å². The van der Waals surface area contributed by atoms with Crippen LogP contribution in [0.25, 0.3) is 0 Å². The van der Waals surface area contributed by atoms with Crippen LogP contribution in [0.1, 0.15) is 48.2 Å². The van der Waals surface area contributed by atoms with Gasteiger partial charge in [0, 0.05) is 18.1 Å². The molecule has 3 atom stereocenters. The minimum absolute atomic E-state index is 0.0116. The van der Waals surface area contributed by atoms with Crippen molar-refractivity contribution in [2.75, 3.05) is 6.61 Å². The van der Waals surface area contributed by atoms with Crippen LogP contribution in [0.2, 0.25) is 0 Å². The number of carbonyl (C=O) groups excluding carboxylic acids is 1. The highest BCUT2D eigenvalue weighted by molar-refractivity contribution is 5.91. The molecule has 1 fully saturated rings. The number of rotatable bonds is 7. The summed E-state index contributed by atoms with van der Waals surface area (Å²) in [6.45, 7) is 1.95. The van der Waals surface area contributed by atoms with Crippen molar-refractivity contribution in [1.29, 1.82) is 0 Å². The van der Waals surface area contributed by atoms with Crippen molar-refractivity contribution in [2.24, 2.45) is 5.92 Å². The van der Waals surface area contributed by atoms with Gasteiger partial charge in [0.15, 0.2) is 0 Å². The highest BCUT2D eigenvalue weighted by Crippen LogP contribution is 2.34. The lowest BCUT2D eigenvalue weighted by atomic mass is 9.93. The molecule has 0 aromatic heterocycles. The first-order chi connectivity index (χ1) is 14.3. The molecule has 30 heavy (non-hydrogen) atoms. The van der Waals surface area contributed by atoms with Crippen LogP contribution in [0.3, 0.4) is 0 Å². The second kappa shape index (κ2) is 9.45. The molecule has 0 bridgehead atoms. The number of hydrogen-bond acceptors (Lipinski definition) is 7. The highest BCUT2D eigenvalue weighted by Gasteiger charge is 2.29. The van der Waals surface area contributed by atoms with E-state index in [0.29, 0.717) is 0 Å². The van der Waals surface area contributed by atoms with Crippen molar-refractivity contribution in [3.63, 3.8) is 0 Å². The monoisotopic (exact) mass is 414 g/mol. The summed E-state index contributed by atoms with van der Waals surface area (Å²) in [4.78, 5) is 32.8. The highest BCUT2D eigenvalue weighted by atomic mass is 16.6. The number of non-ortho nitro benzene ring substituents is 2. The van der Waals surface area contributed by atoms with Crippen molar-refractivity contribution in [3.05, 3.63) is 79.9 Å². The van der Waals surface area contributed by atoms with Crippen molar-refractivity contribution in [1.82, 2.24) is 0 Å². The Morgan fingerprint density at radius 3 is 2.33 bits per heavy atom. The second-order valence-electron chi connectivity index (χ2n) is 7.33. The molecule has 1 saturated heterocycles. The van der Waals surface area contributed by atoms with Crippen LogP contribution in [0, 0.1) is 26.1 Å². The van der Waals surface area contributed by atoms with Crippen molar-refractivity contribution in [2.45, 2.75) is 38.4 Å². The Labute approximate surface area is 172 Å². The van der Waals surface area contributed by atoms with Gasteiger partial charge in [-0.2, -0.15) is 0 Å². The number of carbonyl (C=O) groups is 1. The fourth-order valence-corrected chi connectivity index (χ4v) is 3.50. The Hall–Kier alpha value is -3.33. The summed E-state index contributed by atoms with van der Waals surface area (Å²) in [7, 11) is 0. The molecule has 3 rings (SSSR count). The number of benzene rings is 2. The van der Waals surface area contributed by atoms with Gasteiger partial charge in [-0.05, 0) is 24.8 Å². The van der Waals surface area contributed by atoms with Gasteiger partial charge in [-0.1, -0.05) is 37.3 Å². The van der Waals surface area contributed by atoms with E-state index in [1.54, 1.807) is 0 Å². The van der Waals surface area contributed by atoms with E-state index in [0.717, 1.165) is 43.0 Å². The lowest BCUT2D eigenvalue weighted by Gasteiger charge is -2.33. The Morgan fingerprint density at radius 2 is 1.73 bits per heavy atom. The van der Waals surface area contributed by atoms with Gasteiger partial charge >= 0.3 is 5.97 Å². The molecule has 1 aliphatic heterocycles. The molecule has 9 heteroatoms. The minimum Gasteiger partial charge on any atom is -0.462 e. The Balaban J connectivity index is 1.63. The fourth-order valence-electron chi connectivity index (χ4n) is 3.50. The Kier molecular flexibility index (Phi) is 6.73. The van der Waals surface area contributed by atoms with E-state index in [9.17, 15) is 25.0 Å². The van der Waals surface area contributed by atoms with Gasteiger partial charge in [-0.15, -0.1) is 0 Å². The molecule has 0 spiro atoms. The van der Waals surface area contributed by atoms with Gasteiger partial charge in [0.2, 0.25) is 0 Å². The third-order valence-corrected chi connectivity index (χ3v) is 5.14. The number of nitro groups is 2. The molecular formula is C21H22N2O7. The summed E-state index contributed by atoms with van der Waals surface area (Å²) in [5, 5.41) is 22.0. The zero-order valence-corrected chi connectivity index (χ0v) is 16.4. The van der Waals surface area contributed by atoms with E-state index >= 15 is 0 Å². The van der Waals surface area contributed by atoms with Crippen LogP contribution in [-0.4, -0.2) is 28.5 Å². The molecule has 0 unspecified atom stereocenters. The number of nitrogens with zero attached hydrogens (tertiary/aromatic N) is 2. The van der Waals surface area contributed by atoms with E-state index in [1.807, 2.05) is 37.3 Å². The Bertz CT molecular complexity index is 900. The van der Waals surface area contributed by atoms with Gasteiger partial charge in [0.25, 0.3) is 11.4 Å². The summed E-state index contributed by atoms with van der Waals surface area (Å²) in [6.07, 6.45) is 2.63. The predicted octanol–water partition coefficient (Wildman–Crippen LogP) is 4.61. The topological polar surface area (TPSA) is 122 Å². The molecule has 2 aromatic rings. The fraction of sp³-hybridized carbons (Fsp3) is 0.381. The molecule has 1 heterocycles. The van der Waals surface area contributed by atoms with E-state index in [-0.39, 0.29) is 30.3 Å². The summed E-state index contributed by atoms with van der Waals surface area (Å²) >= 11 is 0. The van der Waals surface area contributed by atoms with E-state index in [4.69, 9.17) is 9.47 Å². The number of nitro benzene ring substituents is 2. The molecule has 2 aromatic carbocycles. The average Bonchev–Trinajstić information content (AvgIpc) is 2.77. The summed E-state index contributed by atoms with van der Waals surface area (Å²) < 4.78 is 11.5. The van der Waals surface area contributed by atoms with Crippen LogP contribution >= 0.6 is 0 Å². The van der Waals surface area contributed by atoms with Crippen molar-refractivity contribution < 1.29 is 24.1 Å². The lowest BCUT2D eigenvalue weighted by molar-refractivity contribution is -0.394. The van der Waals surface area contributed by atoms with Gasteiger partial charge in [0.05, 0.1) is 40.3 Å². The lowest BCUT2D eigenvalue weighted by Crippen LogP contribution is -2.31. The quantitative estimate of drug-likeness (QED) is 0.368. The maximum atomic E-state index is 12.4. The van der Waals surface area contributed by atoms with Crippen molar-refractivity contribution in [3.8, 4) is 0 Å². The standard InChI is InChI=1S/C21H22N2O7/c1-14(19-8-5-9-20(30-19)15-6-3-2-4-7-15)13-29-21(24)16-10-17(22(25)26)12-18(11-16)23(27)28/h2-4,6-7,10-12,14,19-20H,5,8-9,13H2,1H3/t14-,19-,20-/m1/s1. The molecule has 0 amide bonds. The summed E-state index contributed by atoms with van der Waals surface area (Å²) in [5.74, 6) is -0.946. The average molecular weight is 414 g/mol. The number of esters is 1. The van der Waals surface area contributed by atoms with Gasteiger partial charge in [-0.25, -0.2) is 4.79 Å². The molecule has 0 radical (unpaired) electrons. The van der Waals surface area contributed by atoms with Crippen molar-refractivity contribution >= 4 is 17.3 Å². The van der Waals surface area contributed by atoms with Crippen LogP contribution < -0.4 is 0 Å². The molecule has 1 aliphatic rings. The maximum Gasteiger partial charge on any atom is 0.338 e. The molecule has 0 saturated carbocycles. The number of ether oxygens (including phenoxy) is 2. The maximum absolute atomic E-state index is 12.4. The van der Waals surface area contributed by atoms with Gasteiger partial charge < -0.3 is 9.47 Å². The third kappa shape index (κ3) is 5.18. The first-order valence-corrected chi connectivity index (χ1v) is 9.66. The van der Waals surface area contributed by atoms with E-state index in [1.165, 1.54) is 0 Å². The molecule has 0 aliphatic carbocycles. The molecule has 9 nitrogen and oxygen atoms in total. The predicted molar refractivity (Wildman–Crippen MR) is 107 cm³/mol. The first kappa shape index (κ1) is 21.4. The van der Waals surface area contributed by atoms with Gasteiger partial charge in [0.1, 0.15) is 0 Å². The Morgan fingerprint density at radius 1 is 1.10 bits per heavy atom. The first-order valence-electron chi connectivity index (χ1n) is 9.66. The SMILES string of the molecule is C[C@H](COC(=O)c1cc([N+](=O)[O-])cc([N+](=O)[O-])c1)[C@H]1CCC[C@H](c2ccccc2)O1. The number of hydrogen-bond donors (Lipinski definition) is 0. The summed E-state index contributed by atoms with van der Waals surface area (Å²) in [6, 6.07) is 12.7. The van der Waals surface area contributed by atoms with Crippen LogP contribution in [0.15, 0.2) is 48.5 Å². The van der Waals surface area contributed by atoms with E-state index < -0.39 is 27.2 Å². The normalized spacial score (nSPS) is 19.6. The van der Waals surface area contributed by atoms with Gasteiger partial charge in [-0.3, -0.25) is 20.2 Å². The molecule has 0 N–H and O–H groups in total. The van der Waals surface area contributed by atoms with Crippen LogP contribution in [0.5, 0.6) is 0 Å².